The molecule has 1 aliphatic rings. The largest absolute Gasteiger partial charge is 0.381 e. The third-order valence-corrected chi connectivity index (χ3v) is 2.55. The summed E-state index contributed by atoms with van der Waals surface area (Å²) < 4.78 is 30.7. The van der Waals surface area contributed by atoms with Crippen LogP contribution in [0.1, 0.15) is 19.8 Å². The van der Waals surface area contributed by atoms with Crippen LogP contribution in [0.3, 0.4) is 0 Å². The molecular formula is C9H17F2NO. The molecule has 0 spiro atoms. The lowest BCUT2D eigenvalue weighted by Gasteiger charge is -2.32. The van der Waals surface area contributed by atoms with Gasteiger partial charge in [0.05, 0.1) is 6.61 Å². The molecule has 0 aromatic rings. The monoisotopic (exact) mass is 193 g/mol. The van der Waals surface area contributed by atoms with Crippen molar-refractivity contribution in [2.45, 2.75) is 25.7 Å². The maximum atomic E-state index is 12.7. The molecule has 0 radical (unpaired) electrons. The van der Waals surface area contributed by atoms with E-state index in [1.165, 1.54) is 0 Å². The quantitative estimate of drug-likeness (QED) is 0.739. The average Bonchev–Trinajstić information content (AvgIpc) is 2.02. The molecule has 0 bridgehead atoms. The first kappa shape index (κ1) is 10.9. The van der Waals surface area contributed by atoms with Crippen LogP contribution < -0.4 is 5.73 Å². The highest BCUT2D eigenvalue weighted by Crippen LogP contribution is 2.31. The molecule has 1 rings (SSSR count). The standard InChI is InChI=1S/C9H17F2NO/c1-9(10,11)4-7-2-3-13-6-8(7)5-12/h7-8H,2-6,12H2,1H3. The van der Waals surface area contributed by atoms with Gasteiger partial charge in [0.2, 0.25) is 5.92 Å². The predicted molar refractivity (Wildman–Crippen MR) is 46.7 cm³/mol. The van der Waals surface area contributed by atoms with Crippen molar-refractivity contribution in [2.24, 2.45) is 17.6 Å². The first-order valence-corrected chi connectivity index (χ1v) is 4.68. The zero-order valence-corrected chi connectivity index (χ0v) is 7.93. The Kier molecular flexibility index (Phi) is 3.62. The van der Waals surface area contributed by atoms with Gasteiger partial charge in [0.1, 0.15) is 0 Å². The number of hydrogen-bond acceptors (Lipinski definition) is 2. The van der Waals surface area contributed by atoms with Crippen LogP contribution in [0.5, 0.6) is 0 Å². The summed E-state index contributed by atoms with van der Waals surface area (Å²) in [5.41, 5.74) is 5.49. The Labute approximate surface area is 77.4 Å². The van der Waals surface area contributed by atoms with Crippen molar-refractivity contribution in [1.29, 1.82) is 0 Å². The third-order valence-electron chi connectivity index (χ3n) is 2.55. The third kappa shape index (κ3) is 3.56. The van der Waals surface area contributed by atoms with E-state index in [9.17, 15) is 8.78 Å². The highest BCUT2D eigenvalue weighted by Gasteiger charge is 2.32. The van der Waals surface area contributed by atoms with Crippen LogP contribution in [0, 0.1) is 11.8 Å². The van der Waals surface area contributed by atoms with E-state index in [1.54, 1.807) is 0 Å². The van der Waals surface area contributed by atoms with E-state index in [-0.39, 0.29) is 18.3 Å². The Morgan fingerprint density at radius 1 is 1.46 bits per heavy atom. The Bertz CT molecular complexity index is 158. The topological polar surface area (TPSA) is 35.2 Å². The van der Waals surface area contributed by atoms with Gasteiger partial charge in [-0.05, 0) is 31.7 Å². The molecule has 1 heterocycles. The number of rotatable bonds is 3. The van der Waals surface area contributed by atoms with Crippen LogP contribution in [-0.4, -0.2) is 25.7 Å². The minimum absolute atomic E-state index is 0.0266. The van der Waals surface area contributed by atoms with Gasteiger partial charge in [0.25, 0.3) is 0 Å². The second-order valence-electron chi connectivity index (χ2n) is 3.89. The van der Waals surface area contributed by atoms with Crippen molar-refractivity contribution < 1.29 is 13.5 Å². The van der Waals surface area contributed by atoms with Crippen molar-refractivity contribution in [3.05, 3.63) is 0 Å². The highest BCUT2D eigenvalue weighted by atomic mass is 19.3. The minimum atomic E-state index is -2.57. The van der Waals surface area contributed by atoms with Gasteiger partial charge in [-0.1, -0.05) is 0 Å². The molecular weight excluding hydrogens is 176 g/mol. The van der Waals surface area contributed by atoms with Crippen molar-refractivity contribution >= 4 is 0 Å². The van der Waals surface area contributed by atoms with Gasteiger partial charge in [-0.25, -0.2) is 8.78 Å². The summed E-state index contributed by atoms with van der Waals surface area (Å²) in [7, 11) is 0. The van der Waals surface area contributed by atoms with Crippen LogP contribution >= 0.6 is 0 Å². The Morgan fingerprint density at radius 2 is 2.15 bits per heavy atom. The highest BCUT2D eigenvalue weighted by molar-refractivity contribution is 4.78. The number of ether oxygens (including phenoxy) is 1. The maximum absolute atomic E-state index is 12.7. The molecule has 2 unspecified atom stereocenters. The fourth-order valence-electron chi connectivity index (χ4n) is 1.83. The summed E-state index contributed by atoms with van der Waals surface area (Å²) in [5, 5.41) is 0. The molecule has 13 heavy (non-hydrogen) atoms. The molecule has 0 saturated carbocycles. The van der Waals surface area contributed by atoms with Gasteiger partial charge < -0.3 is 10.5 Å². The van der Waals surface area contributed by atoms with E-state index < -0.39 is 5.92 Å². The molecule has 2 N–H and O–H groups in total. The van der Waals surface area contributed by atoms with Crippen molar-refractivity contribution in [3.63, 3.8) is 0 Å². The van der Waals surface area contributed by atoms with Gasteiger partial charge in [-0.15, -0.1) is 0 Å². The summed E-state index contributed by atoms with van der Waals surface area (Å²) in [5.74, 6) is -2.44. The average molecular weight is 193 g/mol. The zero-order valence-electron chi connectivity index (χ0n) is 7.93. The Balaban J connectivity index is 2.45. The first-order chi connectivity index (χ1) is 6.03. The second-order valence-corrected chi connectivity index (χ2v) is 3.89. The van der Waals surface area contributed by atoms with Crippen LogP contribution in [0.25, 0.3) is 0 Å². The summed E-state index contributed by atoms with van der Waals surface area (Å²) in [6.07, 6.45) is 0.656. The van der Waals surface area contributed by atoms with E-state index in [0.717, 1.165) is 6.92 Å². The van der Waals surface area contributed by atoms with Gasteiger partial charge in [0, 0.05) is 13.0 Å². The molecule has 1 fully saturated rings. The lowest BCUT2D eigenvalue weighted by Crippen LogP contribution is -2.35. The summed E-state index contributed by atoms with van der Waals surface area (Å²) in [6, 6.07) is 0. The molecule has 78 valence electrons. The Morgan fingerprint density at radius 3 is 2.69 bits per heavy atom. The number of alkyl halides is 2. The van der Waals surface area contributed by atoms with E-state index >= 15 is 0 Å². The maximum Gasteiger partial charge on any atom is 0.245 e. The smallest absolute Gasteiger partial charge is 0.245 e. The molecule has 0 aromatic heterocycles. The second kappa shape index (κ2) is 4.33. The SMILES string of the molecule is CC(F)(F)CC1CCOCC1CN. The number of hydrogen-bond donors (Lipinski definition) is 1. The zero-order chi connectivity index (χ0) is 9.90. The van der Waals surface area contributed by atoms with E-state index in [1.807, 2.05) is 0 Å². The summed E-state index contributed by atoms with van der Waals surface area (Å²) in [4.78, 5) is 0. The predicted octanol–water partition coefficient (Wildman–Crippen LogP) is 1.64. The number of nitrogens with two attached hydrogens (primary N) is 1. The molecule has 2 nitrogen and oxygen atoms in total. The summed E-state index contributed by atoms with van der Waals surface area (Å²) in [6.45, 7) is 2.55. The van der Waals surface area contributed by atoms with E-state index in [2.05, 4.69) is 0 Å². The molecule has 1 saturated heterocycles. The minimum Gasteiger partial charge on any atom is -0.381 e. The fourth-order valence-corrected chi connectivity index (χ4v) is 1.83. The molecule has 4 heteroatoms. The first-order valence-electron chi connectivity index (χ1n) is 4.68. The normalized spacial score (nSPS) is 30.5. The van der Waals surface area contributed by atoms with E-state index in [4.69, 9.17) is 10.5 Å². The summed E-state index contributed by atoms with van der Waals surface area (Å²) >= 11 is 0. The van der Waals surface area contributed by atoms with Gasteiger partial charge in [-0.2, -0.15) is 0 Å². The van der Waals surface area contributed by atoms with Crippen LogP contribution in [-0.2, 0) is 4.74 Å². The lowest BCUT2D eigenvalue weighted by molar-refractivity contribution is -0.0480. The Hall–Kier alpha value is -0.220. The van der Waals surface area contributed by atoms with Gasteiger partial charge in [0.15, 0.2) is 0 Å². The molecule has 0 aromatic carbocycles. The van der Waals surface area contributed by atoms with Gasteiger partial charge >= 0.3 is 0 Å². The van der Waals surface area contributed by atoms with Crippen LogP contribution in [0.2, 0.25) is 0 Å². The molecule has 1 aliphatic heterocycles. The van der Waals surface area contributed by atoms with Crippen LogP contribution in [0.15, 0.2) is 0 Å². The van der Waals surface area contributed by atoms with Crippen molar-refractivity contribution in [1.82, 2.24) is 0 Å². The van der Waals surface area contributed by atoms with Gasteiger partial charge in [-0.3, -0.25) is 0 Å². The van der Waals surface area contributed by atoms with Crippen LogP contribution in [0.4, 0.5) is 8.78 Å². The number of halogens is 2. The lowest BCUT2D eigenvalue weighted by atomic mass is 9.84. The van der Waals surface area contributed by atoms with Crippen molar-refractivity contribution in [2.75, 3.05) is 19.8 Å². The fraction of sp³-hybridized carbons (Fsp3) is 1.00. The molecule has 0 aliphatic carbocycles. The molecule has 0 amide bonds. The van der Waals surface area contributed by atoms with E-state index in [0.29, 0.717) is 26.2 Å². The van der Waals surface area contributed by atoms with Crippen molar-refractivity contribution in [3.8, 4) is 0 Å². The molecule has 2 atom stereocenters.